The van der Waals surface area contributed by atoms with Crippen molar-refractivity contribution in [2.45, 2.75) is 32.9 Å². The lowest BCUT2D eigenvalue weighted by Gasteiger charge is -2.34. The number of hydrogen-bond acceptors (Lipinski definition) is 6. The number of carbonyl (C=O) groups is 1. The third-order valence-corrected chi connectivity index (χ3v) is 5.52. The highest BCUT2D eigenvalue weighted by Crippen LogP contribution is 2.25. The molecular formula is C21H22N4O2S. The van der Waals surface area contributed by atoms with Gasteiger partial charge in [0.2, 0.25) is 0 Å². The lowest BCUT2D eigenvalue weighted by molar-refractivity contribution is -0.116. The zero-order chi connectivity index (χ0) is 19.5. The number of benzene rings is 1. The van der Waals surface area contributed by atoms with Crippen molar-refractivity contribution in [3.8, 4) is 0 Å². The second-order valence-electron chi connectivity index (χ2n) is 6.68. The normalized spacial score (nSPS) is 18.8. The summed E-state index contributed by atoms with van der Waals surface area (Å²) in [6.45, 7) is 4.13. The molecule has 0 saturated heterocycles. The number of fused-ring (bicyclic) bond motifs is 2. The second-order valence-corrected chi connectivity index (χ2v) is 7.76. The van der Waals surface area contributed by atoms with Crippen molar-refractivity contribution in [2.75, 3.05) is 5.75 Å². The van der Waals surface area contributed by atoms with Crippen LogP contribution in [-0.4, -0.2) is 28.0 Å². The van der Waals surface area contributed by atoms with Gasteiger partial charge >= 0.3 is 0 Å². The molecule has 1 N–H and O–H groups in total. The van der Waals surface area contributed by atoms with E-state index in [1.165, 1.54) is 0 Å². The maximum Gasteiger partial charge on any atom is 0.276 e. The van der Waals surface area contributed by atoms with Crippen molar-refractivity contribution >= 4 is 34.6 Å². The fourth-order valence-corrected chi connectivity index (χ4v) is 4.11. The Morgan fingerprint density at radius 3 is 2.96 bits per heavy atom. The average Bonchev–Trinajstić information content (AvgIpc) is 3.20. The first-order valence-electron chi connectivity index (χ1n) is 9.38. The first kappa shape index (κ1) is 18.6. The summed E-state index contributed by atoms with van der Waals surface area (Å²) in [6, 6.07) is 11.4. The van der Waals surface area contributed by atoms with Crippen LogP contribution in [-0.2, 0) is 4.79 Å². The number of hydrazone groups is 1. The van der Waals surface area contributed by atoms with Crippen molar-refractivity contribution in [2.24, 2.45) is 10.1 Å². The number of carbonyl (C=O) groups excluding carboxylic acids is 1. The standard InChI is InChI=1S/C21H22N4O2S/c1-3-4-12-28-21-23-20(26)18-16-9-5-6-10-17(16)22-19(25(18)24-21)14(2)13-15-8-7-11-27-15/h5-11,13,19H,3-4,12H2,1-2H3,(H,23,24,26)/b14-13+/t19-/m1/s1. The van der Waals surface area contributed by atoms with Crippen molar-refractivity contribution in [1.29, 1.82) is 0 Å². The number of rotatable bonds is 5. The fourth-order valence-electron chi connectivity index (χ4n) is 3.17. The third-order valence-electron chi connectivity index (χ3n) is 4.57. The highest BCUT2D eigenvalue weighted by molar-refractivity contribution is 8.13. The first-order valence-corrected chi connectivity index (χ1v) is 10.4. The molecule has 0 spiro atoms. The van der Waals surface area contributed by atoms with Crippen LogP contribution in [0, 0.1) is 0 Å². The van der Waals surface area contributed by atoms with Crippen LogP contribution in [0.3, 0.4) is 0 Å². The van der Waals surface area contributed by atoms with Gasteiger partial charge in [0.25, 0.3) is 5.91 Å². The van der Waals surface area contributed by atoms with Crippen LogP contribution in [0.5, 0.6) is 0 Å². The molecule has 2 aliphatic rings. The van der Waals surface area contributed by atoms with E-state index in [9.17, 15) is 4.79 Å². The number of para-hydroxylation sites is 1. The van der Waals surface area contributed by atoms with Gasteiger partial charge in [-0.2, -0.15) is 0 Å². The highest BCUT2D eigenvalue weighted by atomic mass is 32.2. The highest BCUT2D eigenvalue weighted by Gasteiger charge is 2.34. The van der Waals surface area contributed by atoms with E-state index in [-0.39, 0.29) is 5.91 Å². The molecule has 0 saturated carbocycles. The summed E-state index contributed by atoms with van der Waals surface area (Å²) in [4.78, 5) is 17.8. The topological polar surface area (TPSA) is 70.2 Å². The number of furan rings is 1. The van der Waals surface area contributed by atoms with E-state index >= 15 is 0 Å². The number of amides is 1. The van der Waals surface area contributed by atoms with Gasteiger partial charge in [0.15, 0.2) is 11.3 Å². The van der Waals surface area contributed by atoms with E-state index in [0.717, 1.165) is 40.5 Å². The van der Waals surface area contributed by atoms with Crippen LogP contribution >= 0.6 is 11.8 Å². The summed E-state index contributed by atoms with van der Waals surface area (Å²) in [5.74, 6) is 1.52. The molecule has 0 fully saturated rings. The smallest absolute Gasteiger partial charge is 0.276 e. The van der Waals surface area contributed by atoms with Crippen LogP contribution in [0.25, 0.3) is 11.8 Å². The number of nitrogens with zero attached hydrogens (tertiary/aromatic N) is 3. The summed E-state index contributed by atoms with van der Waals surface area (Å²) < 4.78 is 5.45. The van der Waals surface area contributed by atoms with Crippen molar-refractivity contribution in [3.05, 3.63) is 64.6 Å². The quantitative estimate of drug-likeness (QED) is 0.792. The molecule has 4 rings (SSSR count). The minimum Gasteiger partial charge on any atom is -0.465 e. The molecule has 1 atom stereocenters. The number of thioether (sulfide) groups is 1. The van der Waals surface area contributed by atoms with Gasteiger partial charge in [-0.1, -0.05) is 43.3 Å². The molecule has 1 amide bonds. The molecule has 144 valence electrons. The molecule has 6 nitrogen and oxygen atoms in total. The predicted molar refractivity (Wildman–Crippen MR) is 112 cm³/mol. The molecule has 28 heavy (non-hydrogen) atoms. The van der Waals surface area contributed by atoms with E-state index in [2.05, 4.69) is 12.2 Å². The SMILES string of the molecule is CCCCSC1=NN2C(=c3ccccc3=N[C@H]2/C(C)=C/c2ccco2)C(=O)N1. The summed E-state index contributed by atoms with van der Waals surface area (Å²) >= 11 is 1.57. The van der Waals surface area contributed by atoms with Gasteiger partial charge in [0, 0.05) is 11.0 Å². The molecule has 2 aromatic rings. The van der Waals surface area contributed by atoms with Crippen molar-refractivity contribution in [3.63, 3.8) is 0 Å². The predicted octanol–water partition coefficient (Wildman–Crippen LogP) is 2.69. The zero-order valence-electron chi connectivity index (χ0n) is 15.9. The van der Waals surface area contributed by atoms with Crippen LogP contribution in [0.4, 0.5) is 0 Å². The Bertz CT molecular complexity index is 1060. The number of hydrogen-bond donors (Lipinski definition) is 1. The Morgan fingerprint density at radius 2 is 2.18 bits per heavy atom. The molecule has 2 aliphatic heterocycles. The third kappa shape index (κ3) is 3.62. The maximum absolute atomic E-state index is 13.0. The van der Waals surface area contributed by atoms with E-state index < -0.39 is 6.17 Å². The number of nitrogens with one attached hydrogen (secondary N) is 1. The fraction of sp³-hybridized carbons (Fsp3) is 0.286. The van der Waals surface area contributed by atoms with Crippen LogP contribution in [0.15, 0.2) is 62.7 Å². The van der Waals surface area contributed by atoms with Gasteiger partial charge in [-0.05, 0) is 43.2 Å². The van der Waals surface area contributed by atoms with Gasteiger partial charge in [-0.3, -0.25) is 15.1 Å². The van der Waals surface area contributed by atoms with Gasteiger partial charge in [0.05, 0.1) is 11.6 Å². The van der Waals surface area contributed by atoms with Crippen LogP contribution < -0.4 is 15.9 Å². The van der Waals surface area contributed by atoms with E-state index in [1.807, 2.05) is 49.4 Å². The first-order chi connectivity index (χ1) is 13.7. The molecule has 3 heterocycles. The molecule has 0 bridgehead atoms. The average molecular weight is 395 g/mol. The maximum atomic E-state index is 13.0. The number of amidine groups is 1. The molecule has 0 aliphatic carbocycles. The number of unbranched alkanes of at least 4 members (excludes halogenated alkanes) is 1. The van der Waals surface area contributed by atoms with Gasteiger partial charge < -0.3 is 4.42 Å². The zero-order valence-corrected chi connectivity index (χ0v) is 16.7. The second kappa shape index (κ2) is 8.06. The van der Waals surface area contributed by atoms with Gasteiger partial charge in [0.1, 0.15) is 11.5 Å². The summed E-state index contributed by atoms with van der Waals surface area (Å²) in [5.41, 5.74) is 1.47. The van der Waals surface area contributed by atoms with Gasteiger partial charge in [-0.15, -0.1) is 5.10 Å². The molecular weight excluding hydrogens is 372 g/mol. The van der Waals surface area contributed by atoms with Crippen molar-refractivity contribution < 1.29 is 9.21 Å². The summed E-state index contributed by atoms with van der Waals surface area (Å²) in [5, 5.41) is 11.6. The van der Waals surface area contributed by atoms with E-state index in [4.69, 9.17) is 14.5 Å². The van der Waals surface area contributed by atoms with Crippen molar-refractivity contribution in [1.82, 2.24) is 10.3 Å². The van der Waals surface area contributed by atoms with E-state index in [0.29, 0.717) is 10.9 Å². The Morgan fingerprint density at radius 1 is 1.32 bits per heavy atom. The summed E-state index contributed by atoms with van der Waals surface area (Å²) in [6.07, 6.45) is 5.35. The van der Waals surface area contributed by atoms with E-state index in [1.54, 1.807) is 23.0 Å². The van der Waals surface area contributed by atoms with Crippen LogP contribution in [0.1, 0.15) is 32.4 Å². The Labute approximate surface area is 167 Å². The minimum absolute atomic E-state index is 0.146. The van der Waals surface area contributed by atoms with Gasteiger partial charge in [-0.25, -0.2) is 5.01 Å². The Hall–Kier alpha value is -2.80. The largest absolute Gasteiger partial charge is 0.465 e. The Kier molecular flexibility index (Phi) is 5.34. The molecule has 1 aromatic carbocycles. The summed E-state index contributed by atoms with van der Waals surface area (Å²) in [7, 11) is 0. The monoisotopic (exact) mass is 394 g/mol. The minimum atomic E-state index is -0.400. The molecule has 0 radical (unpaired) electrons. The molecule has 1 aromatic heterocycles. The van der Waals surface area contributed by atoms with Crippen LogP contribution in [0.2, 0.25) is 0 Å². The lowest BCUT2D eigenvalue weighted by Crippen LogP contribution is -2.52. The lowest BCUT2D eigenvalue weighted by atomic mass is 10.1. The molecule has 0 unspecified atom stereocenters. The molecule has 7 heteroatoms. The Balaban J connectivity index is 1.79.